The minimum absolute atomic E-state index is 0.0345. The predicted molar refractivity (Wildman–Crippen MR) is 89.7 cm³/mol. The topological polar surface area (TPSA) is 69.0 Å². The van der Waals surface area contributed by atoms with E-state index in [1.807, 2.05) is 0 Å². The fourth-order valence-electron chi connectivity index (χ4n) is 3.09. The first kappa shape index (κ1) is 14.8. The summed E-state index contributed by atoms with van der Waals surface area (Å²) in [6, 6.07) is 9.69. The van der Waals surface area contributed by atoms with Gasteiger partial charge in [-0.15, -0.1) is 0 Å². The number of carbonyl (C=O) groups excluding carboxylic acids is 1. The van der Waals surface area contributed by atoms with Crippen molar-refractivity contribution in [2.45, 2.75) is 19.6 Å². The maximum absolute atomic E-state index is 12.2. The molecule has 3 heterocycles. The summed E-state index contributed by atoms with van der Waals surface area (Å²) in [5, 5.41) is 2.98. The van der Waals surface area contributed by atoms with Gasteiger partial charge in [-0.3, -0.25) is 9.78 Å². The van der Waals surface area contributed by atoms with E-state index in [-0.39, 0.29) is 11.9 Å². The second kappa shape index (κ2) is 6.05. The summed E-state index contributed by atoms with van der Waals surface area (Å²) < 4.78 is 7.85. The van der Waals surface area contributed by atoms with Gasteiger partial charge in [-0.2, -0.15) is 0 Å². The van der Waals surface area contributed by atoms with Crippen LogP contribution in [0.5, 0.6) is 0 Å². The third kappa shape index (κ3) is 2.65. The minimum Gasteiger partial charge on any atom is -0.371 e. The summed E-state index contributed by atoms with van der Waals surface area (Å²) in [7, 11) is 0. The molecule has 6 heteroatoms. The Morgan fingerprint density at radius 2 is 2.17 bits per heavy atom. The molecule has 0 fully saturated rings. The molecule has 1 aromatic carbocycles. The second-order valence-corrected chi connectivity index (χ2v) is 6.01. The van der Waals surface area contributed by atoms with Gasteiger partial charge in [-0.05, 0) is 36.8 Å². The molecule has 1 N–H and O–H groups in total. The molecular weight excluding hydrogens is 304 g/mol. The molecule has 0 saturated carbocycles. The SMILES string of the molecule is Cc1ccc2c(c1)nc1n2[C@@H](CNC(=O)c2ccncc2)COC1. The van der Waals surface area contributed by atoms with E-state index in [1.54, 1.807) is 24.5 Å². The van der Waals surface area contributed by atoms with E-state index in [1.165, 1.54) is 5.56 Å². The third-order valence-corrected chi connectivity index (χ3v) is 4.27. The molecule has 2 aromatic heterocycles. The van der Waals surface area contributed by atoms with Crippen molar-refractivity contribution in [2.75, 3.05) is 13.2 Å². The van der Waals surface area contributed by atoms with Gasteiger partial charge in [0.05, 0.1) is 23.7 Å². The van der Waals surface area contributed by atoms with Crippen molar-refractivity contribution in [2.24, 2.45) is 0 Å². The number of rotatable bonds is 3. The average molecular weight is 322 g/mol. The molecule has 1 aliphatic heterocycles. The predicted octanol–water partition coefficient (Wildman–Crippen LogP) is 2.24. The maximum Gasteiger partial charge on any atom is 0.251 e. The van der Waals surface area contributed by atoms with Crippen LogP contribution in [0.1, 0.15) is 27.8 Å². The van der Waals surface area contributed by atoms with Crippen LogP contribution in [0, 0.1) is 6.92 Å². The van der Waals surface area contributed by atoms with Gasteiger partial charge in [0, 0.05) is 24.5 Å². The number of carbonyl (C=O) groups is 1. The lowest BCUT2D eigenvalue weighted by Gasteiger charge is -2.26. The number of hydrogen-bond acceptors (Lipinski definition) is 4. The number of fused-ring (bicyclic) bond motifs is 3. The molecule has 0 aliphatic carbocycles. The number of benzene rings is 1. The highest BCUT2D eigenvalue weighted by Gasteiger charge is 2.24. The molecule has 4 rings (SSSR count). The Hall–Kier alpha value is -2.73. The smallest absolute Gasteiger partial charge is 0.251 e. The molecule has 1 aliphatic rings. The van der Waals surface area contributed by atoms with Crippen molar-refractivity contribution in [1.29, 1.82) is 0 Å². The Labute approximate surface area is 139 Å². The van der Waals surface area contributed by atoms with E-state index in [0.717, 1.165) is 16.9 Å². The molecule has 6 nitrogen and oxygen atoms in total. The van der Waals surface area contributed by atoms with Gasteiger partial charge in [0.2, 0.25) is 0 Å². The lowest BCUT2D eigenvalue weighted by Crippen LogP contribution is -2.35. The van der Waals surface area contributed by atoms with E-state index in [9.17, 15) is 4.79 Å². The fourth-order valence-corrected chi connectivity index (χ4v) is 3.09. The summed E-state index contributed by atoms with van der Waals surface area (Å²) in [6.45, 7) is 3.61. The molecule has 0 radical (unpaired) electrons. The van der Waals surface area contributed by atoms with Crippen molar-refractivity contribution in [3.8, 4) is 0 Å². The number of aromatic nitrogens is 3. The van der Waals surface area contributed by atoms with Crippen LogP contribution < -0.4 is 5.32 Å². The lowest BCUT2D eigenvalue weighted by molar-refractivity contribution is 0.0553. The molecule has 0 bridgehead atoms. The van der Waals surface area contributed by atoms with Crippen LogP contribution in [0.15, 0.2) is 42.7 Å². The van der Waals surface area contributed by atoms with E-state index < -0.39 is 0 Å². The average Bonchev–Trinajstić information content (AvgIpc) is 2.98. The minimum atomic E-state index is -0.107. The summed E-state index contributed by atoms with van der Waals surface area (Å²) in [4.78, 5) is 20.8. The Balaban J connectivity index is 1.58. The van der Waals surface area contributed by atoms with Crippen molar-refractivity contribution in [3.05, 3.63) is 59.7 Å². The fraction of sp³-hybridized carbons (Fsp3) is 0.278. The molecular formula is C18H18N4O2. The summed E-state index contributed by atoms with van der Waals surface area (Å²) in [5.41, 5.74) is 3.84. The van der Waals surface area contributed by atoms with Crippen molar-refractivity contribution in [3.63, 3.8) is 0 Å². The number of nitrogens with zero attached hydrogens (tertiary/aromatic N) is 3. The van der Waals surface area contributed by atoms with Crippen LogP contribution >= 0.6 is 0 Å². The number of ether oxygens (including phenoxy) is 1. The van der Waals surface area contributed by atoms with Crippen LogP contribution in [0.4, 0.5) is 0 Å². The first-order chi connectivity index (χ1) is 11.7. The third-order valence-electron chi connectivity index (χ3n) is 4.27. The highest BCUT2D eigenvalue weighted by atomic mass is 16.5. The molecule has 1 atom stereocenters. The lowest BCUT2D eigenvalue weighted by atomic mass is 10.2. The Kier molecular flexibility index (Phi) is 3.74. The van der Waals surface area contributed by atoms with Crippen LogP contribution in [-0.2, 0) is 11.3 Å². The van der Waals surface area contributed by atoms with Crippen LogP contribution in [0.2, 0.25) is 0 Å². The maximum atomic E-state index is 12.2. The quantitative estimate of drug-likeness (QED) is 0.803. The zero-order chi connectivity index (χ0) is 16.5. The molecule has 0 spiro atoms. The number of nitrogens with one attached hydrogen (secondary N) is 1. The molecule has 0 unspecified atom stereocenters. The van der Waals surface area contributed by atoms with E-state index in [0.29, 0.717) is 25.3 Å². The molecule has 24 heavy (non-hydrogen) atoms. The van der Waals surface area contributed by atoms with Gasteiger partial charge in [0.15, 0.2) is 0 Å². The van der Waals surface area contributed by atoms with Crippen LogP contribution in [0.3, 0.4) is 0 Å². The number of amides is 1. The summed E-state index contributed by atoms with van der Waals surface area (Å²) in [6.07, 6.45) is 3.23. The number of imidazole rings is 1. The molecule has 1 amide bonds. The second-order valence-electron chi connectivity index (χ2n) is 6.01. The standard InChI is InChI=1S/C18H18N4O2/c1-12-2-3-16-15(8-12)21-17-11-24-10-14(22(16)17)9-20-18(23)13-4-6-19-7-5-13/h2-8,14H,9-11H2,1H3,(H,20,23)/t14-/m0/s1. The monoisotopic (exact) mass is 322 g/mol. The normalized spacial score (nSPS) is 16.8. The van der Waals surface area contributed by atoms with Gasteiger partial charge in [-0.25, -0.2) is 4.98 Å². The van der Waals surface area contributed by atoms with Crippen molar-refractivity contribution >= 4 is 16.9 Å². The van der Waals surface area contributed by atoms with Gasteiger partial charge < -0.3 is 14.6 Å². The first-order valence-electron chi connectivity index (χ1n) is 7.96. The Morgan fingerprint density at radius 1 is 1.33 bits per heavy atom. The van der Waals surface area contributed by atoms with Gasteiger partial charge in [0.25, 0.3) is 5.91 Å². The molecule has 3 aromatic rings. The summed E-state index contributed by atoms with van der Waals surface area (Å²) in [5.74, 6) is 0.801. The number of pyridine rings is 1. The van der Waals surface area contributed by atoms with E-state index >= 15 is 0 Å². The Morgan fingerprint density at radius 3 is 3.00 bits per heavy atom. The first-order valence-corrected chi connectivity index (χ1v) is 7.96. The van der Waals surface area contributed by atoms with Gasteiger partial charge in [-0.1, -0.05) is 6.07 Å². The summed E-state index contributed by atoms with van der Waals surface area (Å²) >= 11 is 0. The van der Waals surface area contributed by atoms with E-state index in [2.05, 4.69) is 45.0 Å². The van der Waals surface area contributed by atoms with Crippen molar-refractivity contribution < 1.29 is 9.53 Å². The van der Waals surface area contributed by atoms with Crippen LogP contribution in [0.25, 0.3) is 11.0 Å². The molecule has 122 valence electrons. The van der Waals surface area contributed by atoms with Crippen molar-refractivity contribution in [1.82, 2.24) is 19.9 Å². The largest absolute Gasteiger partial charge is 0.371 e. The highest BCUT2D eigenvalue weighted by molar-refractivity contribution is 5.94. The van der Waals surface area contributed by atoms with Gasteiger partial charge >= 0.3 is 0 Å². The zero-order valence-corrected chi connectivity index (χ0v) is 13.4. The zero-order valence-electron chi connectivity index (χ0n) is 13.4. The Bertz CT molecular complexity index is 889. The highest BCUT2D eigenvalue weighted by Crippen LogP contribution is 2.26. The number of hydrogen-bond donors (Lipinski definition) is 1. The van der Waals surface area contributed by atoms with Gasteiger partial charge in [0.1, 0.15) is 12.4 Å². The van der Waals surface area contributed by atoms with Crippen LogP contribution in [-0.4, -0.2) is 33.6 Å². The van der Waals surface area contributed by atoms with E-state index in [4.69, 9.17) is 4.74 Å². The molecule has 0 saturated heterocycles. The number of aryl methyl sites for hydroxylation is 1.